The van der Waals surface area contributed by atoms with E-state index in [-0.39, 0.29) is 11.0 Å². The van der Waals surface area contributed by atoms with Crippen LogP contribution in [0.1, 0.15) is 16.1 Å². The Kier molecular flexibility index (Phi) is 4.38. The number of hydrogen-bond acceptors (Lipinski definition) is 4. The number of alkyl halides is 4. The minimum atomic E-state index is -4.99. The van der Waals surface area contributed by atoms with E-state index in [1.54, 1.807) is 0 Å². The Morgan fingerprint density at radius 3 is 2.56 bits per heavy atom. The lowest BCUT2D eigenvalue weighted by atomic mass is 10.2. The highest BCUT2D eigenvalue weighted by atomic mass is 79.9. The summed E-state index contributed by atoms with van der Waals surface area (Å²) in [7, 11) is 0.981. The number of esters is 1. The van der Waals surface area contributed by atoms with Crippen LogP contribution in [-0.4, -0.2) is 24.4 Å². The van der Waals surface area contributed by atoms with E-state index in [0.717, 1.165) is 7.11 Å². The number of carbonyl (C=O) groups excluding carboxylic acids is 1. The third-order valence-electron chi connectivity index (χ3n) is 1.82. The van der Waals surface area contributed by atoms with Gasteiger partial charge in [-0.25, -0.2) is 4.79 Å². The first-order chi connectivity index (χ1) is 8.28. The number of aromatic nitrogens is 1. The molecular weight excluding hydrogens is 323 g/mol. The average molecular weight is 330 g/mol. The summed E-state index contributed by atoms with van der Waals surface area (Å²) in [6, 6.07) is 0.680. The molecule has 9 heteroatoms. The van der Waals surface area contributed by atoms with Gasteiger partial charge in [0.15, 0.2) is 5.75 Å². The van der Waals surface area contributed by atoms with Crippen LogP contribution in [-0.2, 0) is 10.1 Å². The van der Waals surface area contributed by atoms with Gasteiger partial charge in [-0.15, -0.1) is 13.2 Å². The number of H-pyrrole nitrogens is 1. The summed E-state index contributed by atoms with van der Waals surface area (Å²) in [5.41, 5.74) is -1.53. The van der Waals surface area contributed by atoms with E-state index < -0.39 is 29.2 Å². The van der Waals surface area contributed by atoms with E-state index >= 15 is 0 Å². The van der Waals surface area contributed by atoms with E-state index in [4.69, 9.17) is 0 Å². The average Bonchev–Trinajstić information content (AvgIpc) is 2.28. The number of nitrogens with one attached hydrogen (secondary N) is 1. The first-order valence-electron chi connectivity index (χ1n) is 4.44. The van der Waals surface area contributed by atoms with Crippen LogP contribution in [0.25, 0.3) is 0 Å². The number of carbonyl (C=O) groups is 1. The number of aromatic amines is 1. The molecule has 0 aliphatic carbocycles. The Morgan fingerprint density at radius 2 is 2.11 bits per heavy atom. The molecule has 0 aliphatic heterocycles. The molecule has 1 N–H and O–H groups in total. The molecule has 0 amide bonds. The van der Waals surface area contributed by atoms with Crippen molar-refractivity contribution in [1.82, 2.24) is 4.98 Å². The first-order valence-corrected chi connectivity index (χ1v) is 5.57. The van der Waals surface area contributed by atoms with Crippen molar-refractivity contribution < 1.29 is 27.4 Å². The van der Waals surface area contributed by atoms with Crippen molar-refractivity contribution in [3.05, 3.63) is 27.7 Å². The maximum absolute atomic E-state index is 12.2. The fourth-order valence-electron chi connectivity index (χ4n) is 1.19. The number of hydrogen-bond donors (Lipinski definition) is 1. The number of pyridine rings is 1. The highest BCUT2D eigenvalue weighted by Crippen LogP contribution is 2.29. The summed E-state index contributed by atoms with van der Waals surface area (Å²) < 4.78 is 44.7. The summed E-state index contributed by atoms with van der Waals surface area (Å²) in [4.78, 5) is 24.6. The molecule has 0 bridgehead atoms. The Balaban J connectivity index is 3.42. The van der Waals surface area contributed by atoms with Crippen LogP contribution >= 0.6 is 15.9 Å². The maximum Gasteiger partial charge on any atom is 0.573 e. The number of halogens is 4. The lowest BCUT2D eigenvalue weighted by Crippen LogP contribution is -2.23. The number of ether oxygens (including phenoxy) is 2. The van der Waals surface area contributed by atoms with Crippen LogP contribution in [0.4, 0.5) is 13.2 Å². The summed E-state index contributed by atoms with van der Waals surface area (Å²) in [5, 5.41) is -0.127. The molecule has 1 rings (SSSR count). The van der Waals surface area contributed by atoms with Gasteiger partial charge in [0.1, 0.15) is 5.56 Å². The molecule has 0 saturated heterocycles. The number of methoxy groups -OCH3 is 1. The van der Waals surface area contributed by atoms with Gasteiger partial charge in [-0.2, -0.15) is 0 Å². The van der Waals surface area contributed by atoms with E-state index in [1.165, 1.54) is 0 Å². The zero-order valence-corrected chi connectivity index (χ0v) is 10.5. The topological polar surface area (TPSA) is 68.4 Å². The minimum absolute atomic E-state index is 0.127. The molecule has 100 valence electrons. The van der Waals surface area contributed by atoms with Crippen LogP contribution < -0.4 is 10.3 Å². The van der Waals surface area contributed by atoms with Crippen molar-refractivity contribution in [2.75, 3.05) is 7.11 Å². The Bertz CT molecular complexity index is 512. The zero-order valence-electron chi connectivity index (χ0n) is 8.93. The maximum atomic E-state index is 12.2. The van der Waals surface area contributed by atoms with Crippen molar-refractivity contribution in [2.45, 2.75) is 11.7 Å². The predicted molar refractivity (Wildman–Crippen MR) is 57.7 cm³/mol. The Hall–Kier alpha value is -1.51. The molecule has 1 aromatic heterocycles. The SMILES string of the molecule is COC(=O)c1cc(=O)[nH]c(CBr)c1OC(F)(F)F. The third kappa shape index (κ3) is 3.49. The van der Waals surface area contributed by atoms with Gasteiger partial charge in [0.25, 0.3) is 0 Å². The molecule has 0 atom stereocenters. The minimum Gasteiger partial charge on any atom is -0.465 e. The highest BCUT2D eigenvalue weighted by Gasteiger charge is 2.34. The first kappa shape index (κ1) is 14.6. The van der Waals surface area contributed by atoms with E-state index in [1.807, 2.05) is 0 Å². The molecule has 0 aromatic carbocycles. The summed E-state index contributed by atoms with van der Waals surface area (Å²) >= 11 is 2.89. The molecule has 0 spiro atoms. The quantitative estimate of drug-likeness (QED) is 0.680. The lowest BCUT2D eigenvalue weighted by molar-refractivity contribution is -0.275. The Morgan fingerprint density at radius 1 is 1.50 bits per heavy atom. The van der Waals surface area contributed by atoms with Crippen LogP contribution in [0, 0.1) is 0 Å². The van der Waals surface area contributed by atoms with Gasteiger partial charge < -0.3 is 14.5 Å². The molecule has 1 aromatic rings. The molecule has 0 fully saturated rings. The van der Waals surface area contributed by atoms with Gasteiger partial charge in [-0.3, -0.25) is 4.79 Å². The summed E-state index contributed by atoms with van der Waals surface area (Å²) in [6.07, 6.45) is -4.99. The van der Waals surface area contributed by atoms with Gasteiger partial charge >= 0.3 is 12.3 Å². The van der Waals surface area contributed by atoms with Crippen molar-refractivity contribution in [3.8, 4) is 5.75 Å². The van der Waals surface area contributed by atoms with E-state index in [9.17, 15) is 22.8 Å². The van der Waals surface area contributed by atoms with E-state index in [2.05, 4.69) is 30.4 Å². The normalized spacial score (nSPS) is 11.2. The summed E-state index contributed by atoms with van der Waals surface area (Å²) in [6.45, 7) is 0. The Labute approximate surface area is 107 Å². The fraction of sp³-hybridized carbons (Fsp3) is 0.333. The lowest BCUT2D eigenvalue weighted by Gasteiger charge is -2.14. The van der Waals surface area contributed by atoms with Crippen molar-refractivity contribution in [2.24, 2.45) is 0 Å². The van der Waals surface area contributed by atoms with E-state index in [0.29, 0.717) is 6.07 Å². The van der Waals surface area contributed by atoms with Crippen LogP contribution in [0.3, 0.4) is 0 Å². The second-order valence-electron chi connectivity index (χ2n) is 3.03. The van der Waals surface area contributed by atoms with Gasteiger partial charge in [-0.05, 0) is 0 Å². The second-order valence-corrected chi connectivity index (χ2v) is 3.59. The molecule has 0 aliphatic rings. The van der Waals surface area contributed by atoms with Gasteiger partial charge in [0, 0.05) is 11.4 Å². The molecule has 18 heavy (non-hydrogen) atoms. The fourth-order valence-corrected chi connectivity index (χ4v) is 1.58. The largest absolute Gasteiger partial charge is 0.573 e. The van der Waals surface area contributed by atoms with Crippen LogP contribution in [0.5, 0.6) is 5.75 Å². The van der Waals surface area contributed by atoms with Crippen molar-refractivity contribution in [1.29, 1.82) is 0 Å². The van der Waals surface area contributed by atoms with Crippen molar-refractivity contribution >= 4 is 21.9 Å². The molecular formula is C9H7BrF3NO4. The zero-order chi connectivity index (χ0) is 13.9. The summed E-state index contributed by atoms with van der Waals surface area (Å²) in [5.74, 6) is -1.88. The van der Waals surface area contributed by atoms with Crippen molar-refractivity contribution in [3.63, 3.8) is 0 Å². The molecule has 0 saturated carbocycles. The van der Waals surface area contributed by atoms with Gasteiger partial charge in [0.2, 0.25) is 5.56 Å². The monoisotopic (exact) mass is 329 g/mol. The van der Waals surface area contributed by atoms with Gasteiger partial charge in [-0.1, -0.05) is 15.9 Å². The standard InChI is InChI=1S/C9H7BrF3NO4/c1-17-8(16)4-2-6(15)14-5(3-10)7(4)18-9(11,12)13/h2H,3H2,1H3,(H,14,15). The smallest absolute Gasteiger partial charge is 0.465 e. The van der Waals surface area contributed by atoms with Crippen LogP contribution in [0.2, 0.25) is 0 Å². The molecule has 1 heterocycles. The van der Waals surface area contributed by atoms with Crippen LogP contribution in [0.15, 0.2) is 10.9 Å². The molecule has 0 unspecified atom stereocenters. The second kappa shape index (κ2) is 5.42. The van der Waals surface area contributed by atoms with Gasteiger partial charge in [0.05, 0.1) is 12.8 Å². The molecule has 0 radical (unpaired) electrons. The third-order valence-corrected chi connectivity index (χ3v) is 2.39. The predicted octanol–water partition coefficient (Wildman–Crippen LogP) is 1.96. The number of rotatable bonds is 3. The highest BCUT2D eigenvalue weighted by molar-refractivity contribution is 9.08. The molecule has 5 nitrogen and oxygen atoms in total.